The van der Waals surface area contributed by atoms with Crippen molar-refractivity contribution in [2.45, 2.75) is 28.2 Å². The normalized spacial score (nSPS) is 14.6. The van der Waals surface area contributed by atoms with Crippen molar-refractivity contribution in [2.75, 3.05) is 0 Å². The maximum atomic E-state index is 11.6. The molecule has 0 aliphatic heterocycles. The molecule has 4 nitrogen and oxygen atoms in total. The molecular formula is C7H9O4S3-. The molecule has 1 rings (SSSR count). The number of thiophene rings is 1. The Morgan fingerprint density at radius 3 is 2.43 bits per heavy atom. The molecule has 0 N–H and O–H groups in total. The van der Waals surface area contributed by atoms with Crippen LogP contribution in [-0.4, -0.2) is 22.4 Å². The number of hydrogen-bond donors (Lipinski definition) is 0. The third-order valence-corrected chi connectivity index (χ3v) is 5.81. The summed E-state index contributed by atoms with van der Waals surface area (Å²) in [5.41, 5.74) is 0. The maximum absolute atomic E-state index is 11.6. The van der Waals surface area contributed by atoms with Gasteiger partial charge in [-0.3, -0.25) is 4.21 Å². The summed E-state index contributed by atoms with van der Waals surface area (Å²) in [5, 5.41) is 0.811. The molecule has 1 unspecified atom stereocenters. The Morgan fingerprint density at radius 1 is 1.50 bits per heavy atom. The summed E-state index contributed by atoms with van der Waals surface area (Å²) < 4.78 is 44.2. The summed E-state index contributed by atoms with van der Waals surface area (Å²) in [6.07, 6.45) is 0. The fraction of sp³-hybridized carbons (Fsp3) is 0.429. The molecule has 1 aromatic heterocycles. The Bertz CT molecular complexity index is 443. The molecular weight excluding hydrogens is 244 g/mol. The molecule has 80 valence electrons. The van der Waals surface area contributed by atoms with Crippen LogP contribution in [0.5, 0.6) is 0 Å². The average Bonchev–Trinajstić information content (AvgIpc) is 2.51. The quantitative estimate of drug-likeness (QED) is 0.758. The highest BCUT2D eigenvalue weighted by atomic mass is 32.2. The second-order valence-electron chi connectivity index (χ2n) is 2.93. The Hall–Kier alpha value is -0.240. The van der Waals surface area contributed by atoms with Gasteiger partial charge in [0.05, 0.1) is 14.4 Å². The number of rotatable bonds is 3. The van der Waals surface area contributed by atoms with Gasteiger partial charge in [-0.05, 0) is 31.0 Å². The Labute approximate surface area is 89.2 Å². The van der Waals surface area contributed by atoms with Crippen molar-refractivity contribution in [1.82, 2.24) is 0 Å². The van der Waals surface area contributed by atoms with Crippen LogP contribution in [0.4, 0.5) is 0 Å². The van der Waals surface area contributed by atoms with Gasteiger partial charge in [0.15, 0.2) is 9.84 Å². The van der Waals surface area contributed by atoms with Crippen molar-refractivity contribution in [3.63, 3.8) is 0 Å². The van der Waals surface area contributed by atoms with Crippen LogP contribution < -0.4 is 0 Å². The SMILES string of the molecule is CC(C)S(=O)(=O)c1csc(S(=O)[O-])c1. The van der Waals surface area contributed by atoms with Gasteiger partial charge in [-0.2, -0.15) is 0 Å². The Morgan fingerprint density at radius 2 is 2.07 bits per heavy atom. The van der Waals surface area contributed by atoms with Crippen molar-refractivity contribution in [3.05, 3.63) is 11.4 Å². The average molecular weight is 253 g/mol. The highest BCUT2D eigenvalue weighted by Gasteiger charge is 2.20. The molecule has 1 heterocycles. The molecule has 7 heteroatoms. The third kappa shape index (κ3) is 2.22. The van der Waals surface area contributed by atoms with Crippen LogP contribution in [-0.2, 0) is 20.9 Å². The van der Waals surface area contributed by atoms with Crippen LogP contribution in [0.2, 0.25) is 0 Å². The summed E-state index contributed by atoms with van der Waals surface area (Å²) in [7, 11) is -3.35. The predicted molar refractivity (Wildman–Crippen MR) is 53.8 cm³/mol. The minimum atomic E-state index is -3.35. The Balaban J connectivity index is 3.16. The lowest BCUT2D eigenvalue weighted by Gasteiger charge is -2.04. The summed E-state index contributed by atoms with van der Waals surface area (Å²) >= 11 is -1.44. The molecule has 0 amide bonds. The van der Waals surface area contributed by atoms with E-state index < -0.39 is 26.2 Å². The zero-order valence-electron chi connectivity index (χ0n) is 7.59. The third-order valence-electron chi connectivity index (χ3n) is 1.66. The predicted octanol–water partition coefficient (Wildman–Crippen LogP) is 1.17. The lowest BCUT2D eigenvalue weighted by Crippen LogP contribution is -2.12. The maximum Gasteiger partial charge on any atom is 0.181 e. The van der Waals surface area contributed by atoms with E-state index in [1.54, 1.807) is 13.8 Å². The molecule has 0 fully saturated rings. The highest BCUT2D eigenvalue weighted by molar-refractivity contribution is 7.92. The highest BCUT2D eigenvalue weighted by Crippen LogP contribution is 2.24. The van der Waals surface area contributed by atoms with E-state index in [9.17, 15) is 17.2 Å². The summed E-state index contributed by atoms with van der Waals surface area (Å²) in [4.78, 5) is 0.0803. The van der Waals surface area contributed by atoms with Crippen LogP contribution in [0.1, 0.15) is 13.8 Å². The van der Waals surface area contributed by atoms with E-state index >= 15 is 0 Å². The summed E-state index contributed by atoms with van der Waals surface area (Å²) in [6, 6.07) is 1.18. The first-order chi connectivity index (χ1) is 6.35. The standard InChI is InChI=1S/C7H10O4S3/c1-5(2)14(10,11)6-3-7(12-4-6)13(8)9/h3-5H,1-2H3,(H,8,9)/p-1. The lowest BCUT2D eigenvalue weighted by atomic mass is 10.6. The molecule has 0 aliphatic rings. The second kappa shape index (κ2) is 4.09. The summed E-state index contributed by atoms with van der Waals surface area (Å²) in [5.74, 6) is 0. The van der Waals surface area contributed by atoms with E-state index in [4.69, 9.17) is 0 Å². The van der Waals surface area contributed by atoms with Crippen LogP contribution in [0, 0.1) is 0 Å². The molecule has 0 bridgehead atoms. The Kier molecular flexibility index (Phi) is 3.46. The minimum absolute atomic E-state index is 0.0456. The van der Waals surface area contributed by atoms with E-state index in [0.29, 0.717) is 0 Å². The first-order valence-electron chi connectivity index (χ1n) is 3.77. The van der Waals surface area contributed by atoms with E-state index in [1.807, 2.05) is 0 Å². The van der Waals surface area contributed by atoms with Crippen LogP contribution in [0.25, 0.3) is 0 Å². The molecule has 0 saturated heterocycles. The molecule has 1 aromatic rings. The van der Waals surface area contributed by atoms with Gasteiger partial charge in [0.1, 0.15) is 0 Å². The number of hydrogen-bond acceptors (Lipinski definition) is 5. The van der Waals surface area contributed by atoms with Gasteiger partial charge >= 0.3 is 0 Å². The van der Waals surface area contributed by atoms with Gasteiger partial charge in [0.2, 0.25) is 0 Å². The van der Waals surface area contributed by atoms with Crippen molar-refractivity contribution in [1.29, 1.82) is 0 Å². The van der Waals surface area contributed by atoms with Crippen molar-refractivity contribution >= 4 is 32.3 Å². The van der Waals surface area contributed by atoms with Gasteiger partial charge in [-0.25, -0.2) is 8.42 Å². The molecule has 14 heavy (non-hydrogen) atoms. The second-order valence-corrected chi connectivity index (χ2v) is 7.51. The zero-order valence-corrected chi connectivity index (χ0v) is 10.0. The van der Waals surface area contributed by atoms with E-state index in [0.717, 1.165) is 11.3 Å². The van der Waals surface area contributed by atoms with E-state index in [1.165, 1.54) is 11.4 Å². The van der Waals surface area contributed by atoms with E-state index in [-0.39, 0.29) is 9.10 Å². The molecule has 0 aromatic carbocycles. The van der Waals surface area contributed by atoms with Gasteiger partial charge in [0.25, 0.3) is 0 Å². The van der Waals surface area contributed by atoms with Crippen molar-refractivity contribution in [2.24, 2.45) is 0 Å². The van der Waals surface area contributed by atoms with Crippen molar-refractivity contribution in [3.8, 4) is 0 Å². The zero-order chi connectivity index (χ0) is 10.9. The molecule has 0 aliphatic carbocycles. The van der Waals surface area contributed by atoms with Crippen LogP contribution in [0.15, 0.2) is 20.6 Å². The van der Waals surface area contributed by atoms with Gasteiger partial charge in [-0.15, -0.1) is 11.3 Å². The molecule has 0 spiro atoms. The molecule has 0 radical (unpaired) electrons. The van der Waals surface area contributed by atoms with Gasteiger partial charge in [0, 0.05) is 5.38 Å². The number of sulfone groups is 1. The van der Waals surface area contributed by atoms with Gasteiger partial charge in [-0.1, -0.05) is 0 Å². The molecule has 1 atom stereocenters. The minimum Gasteiger partial charge on any atom is -0.768 e. The first kappa shape index (κ1) is 11.8. The summed E-state index contributed by atoms with van der Waals surface area (Å²) in [6.45, 7) is 3.11. The van der Waals surface area contributed by atoms with Crippen molar-refractivity contribution < 1.29 is 17.2 Å². The van der Waals surface area contributed by atoms with Gasteiger partial charge < -0.3 is 4.55 Å². The molecule has 0 saturated carbocycles. The topological polar surface area (TPSA) is 74.3 Å². The first-order valence-corrected chi connectivity index (χ1v) is 7.27. The smallest absolute Gasteiger partial charge is 0.181 e. The van der Waals surface area contributed by atoms with Crippen LogP contribution >= 0.6 is 11.3 Å². The monoisotopic (exact) mass is 253 g/mol. The fourth-order valence-corrected chi connectivity index (χ4v) is 3.64. The largest absolute Gasteiger partial charge is 0.768 e. The lowest BCUT2D eigenvalue weighted by molar-refractivity contribution is 0.539. The fourth-order valence-electron chi connectivity index (χ4n) is 0.809. The van der Waals surface area contributed by atoms with E-state index in [2.05, 4.69) is 0 Å². The van der Waals surface area contributed by atoms with Crippen LogP contribution in [0.3, 0.4) is 0 Å².